The van der Waals surface area contributed by atoms with E-state index in [2.05, 4.69) is 5.32 Å². The van der Waals surface area contributed by atoms with Crippen LogP contribution in [0.3, 0.4) is 0 Å². The first kappa shape index (κ1) is 14.4. The van der Waals surface area contributed by atoms with Crippen molar-refractivity contribution in [3.63, 3.8) is 0 Å². The SMILES string of the molecule is NC1(CC(=O)NC(CCC(=O)O)C(=O)O)CCC1. The van der Waals surface area contributed by atoms with Gasteiger partial charge in [0, 0.05) is 18.4 Å². The van der Waals surface area contributed by atoms with Crippen molar-refractivity contribution in [2.45, 2.75) is 50.1 Å². The first-order chi connectivity index (χ1) is 8.32. The maximum atomic E-state index is 11.6. The quantitative estimate of drug-likeness (QED) is 0.495. The zero-order valence-corrected chi connectivity index (χ0v) is 10.0. The molecule has 0 bridgehead atoms. The van der Waals surface area contributed by atoms with Crippen LogP contribution >= 0.6 is 0 Å². The maximum Gasteiger partial charge on any atom is 0.326 e. The predicted octanol–water partition coefficient (Wildman–Crippen LogP) is -0.308. The minimum absolute atomic E-state index is 0.0872. The second-order valence-corrected chi connectivity index (χ2v) is 4.78. The molecule has 1 unspecified atom stereocenters. The molecular formula is C11H18N2O5. The van der Waals surface area contributed by atoms with Gasteiger partial charge in [-0.3, -0.25) is 9.59 Å². The molecule has 1 aliphatic rings. The van der Waals surface area contributed by atoms with Crippen molar-refractivity contribution in [2.75, 3.05) is 0 Å². The molecular weight excluding hydrogens is 240 g/mol. The van der Waals surface area contributed by atoms with Crippen molar-refractivity contribution in [1.82, 2.24) is 5.32 Å². The minimum Gasteiger partial charge on any atom is -0.481 e. The third-order valence-corrected chi connectivity index (χ3v) is 3.14. The highest BCUT2D eigenvalue weighted by atomic mass is 16.4. The van der Waals surface area contributed by atoms with E-state index in [0.717, 1.165) is 19.3 Å². The lowest BCUT2D eigenvalue weighted by molar-refractivity contribution is -0.143. The summed E-state index contributed by atoms with van der Waals surface area (Å²) in [4.78, 5) is 32.8. The number of nitrogens with one attached hydrogen (secondary N) is 1. The molecule has 7 heteroatoms. The van der Waals surface area contributed by atoms with Crippen LogP contribution in [0.5, 0.6) is 0 Å². The second kappa shape index (κ2) is 5.81. The summed E-state index contributed by atoms with van der Waals surface area (Å²) in [6, 6.07) is -1.17. The molecule has 0 aromatic rings. The summed E-state index contributed by atoms with van der Waals surface area (Å²) in [5.41, 5.74) is 5.36. The fraction of sp³-hybridized carbons (Fsp3) is 0.727. The molecule has 5 N–H and O–H groups in total. The number of hydrogen-bond donors (Lipinski definition) is 4. The number of carboxylic acids is 2. The Balaban J connectivity index is 2.42. The Bertz CT molecular complexity index is 351. The van der Waals surface area contributed by atoms with Gasteiger partial charge in [0.2, 0.25) is 5.91 Å². The molecule has 0 radical (unpaired) electrons. The van der Waals surface area contributed by atoms with Gasteiger partial charge in [-0.1, -0.05) is 0 Å². The topological polar surface area (TPSA) is 130 Å². The van der Waals surface area contributed by atoms with Crippen LogP contribution in [-0.2, 0) is 14.4 Å². The summed E-state index contributed by atoms with van der Waals surface area (Å²) in [7, 11) is 0. The van der Waals surface area contributed by atoms with Crippen LogP contribution in [-0.4, -0.2) is 39.6 Å². The summed E-state index contributed by atoms with van der Waals surface area (Å²) < 4.78 is 0. The molecule has 1 saturated carbocycles. The highest BCUT2D eigenvalue weighted by molar-refractivity contribution is 5.84. The largest absolute Gasteiger partial charge is 0.481 e. The van der Waals surface area contributed by atoms with E-state index in [4.69, 9.17) is 15.9 Å². The van der Waals surface area contributed by atoms with Crippen molar-refractivity contribution in [1.29, 1.82) is 0 Å². The number of aliphatic carboxylic acids is 2. The van der Waals surface area contributed by atoms with Gasteiger partial charge in [0.15, 0.2) is 0 Å². The molecule has 7 nitrogen and oxygen atoms in total. The predicted molar refractivity (Wildman–Crippen MR) is 61.8 cm³/mol. The van der Waals surface area contributed by atoms with E-state index in [9.17, 15) is 14.4 Å². The Morgan fingerprint density at radius 3 is 2.28 bits per heavy atom. The summed E-state index contributed by atoms with van der Waals surface area (Å²) in [5, 5.41) is 19.7. The van der Waals surface area contributed by atoms with E-state index in [-0.39, 0.29) is 19.3 Å². The maximum absolute atomic E-state index is 11.6. The third-order valence-electron chi connectivity index (χ3n) is 3.14. The van der Waals surface area contributed by atoms with E-state index >= 15 is 0 Å². The average molecular weight is 258 g/mol. The lowest BCUT2D eigenvalue weighted by atomic mass is 9.75. The highest BCUT2D eigenvalue weighted by Gasteiger charge is 2.35. The fourth-order valence-corrected chi connectivity index (χ4v) is 1.90. The summed E-state index contributed by atoms with van der Waals surface area (Å²) in [6.07, 6.45) is 2.15. The number of carboxylic acid groups (broad SMARTS) is 2. The molecule has 0 heterocycles. The minimum atomic E-state index is -1.23. The Kier molecular flexibility index (Phi) is 4.66. The Labute approximate surface area is 104 Å². The molecule has 1 amide bonds. The zero-order chi connectivity index (χ0) is 13.8. The smallest absolute Gasteiger partial charge is 0.326 e. The molecule has 0 aromatic heterocycles. The number of nitrogens with two attached hydrogens (primary N) is 1. The van der Waals surface area contributed by atoms with Gasteiger partial charge in [-0.2, -0.15) is 0 Å². The molecule has 18 heavy (non-hydrogen) atoms. The van der Waals surface area contributed by atoms with Gasteiger partial charge >= 0.3 is 11.9 Å². The molecule has 1 atom stereocenters. The standard InChI is InChI=1S/C11H18N2O5/c12-11(4-1-5-11)6-8(14)13-7(10(17)18)2-3-9(15)16/h7H,1-6,12H2,(H,13,14)(H,15,16)(H,17,18). The lowest BCUT2D eigenvalue weighted by Gasteiger charge is -2.37. The average Bonchev–Trinajstić information content (AvgIpc) is 2.21. The van der Waals surface area contributed by atoms with Gasteiger partial charge in [-0.25, -0.2) is 4.79 Å². The van der Waals surface area contributed by atoms with Crippen molar-refractivity contribution in [2.24, 2.45) is 5.73 Å². The van der Waals surface area contributed by atoms with Crippen LogP contribution in [0.1, 0.15) is 38.5 Å². The lowest BCUT2D eigenvalue weighted by Crippen LogP contribution is -2.52. The van der Waals surface area contributed by atoms with Gasteiger partial charge in [-0.15, -0.1) is 0 Å². The van der Waals surface area contributed by atoms with Gasteiger partial charge in [0.05, 0.1) is 0 Å². The van der Waals surface area contributed by atoms with Crippen molar-refractivity contribution >= 4 is 17.8 Å². The summed E-state index contributed by atoms with van der Waals surface area (Å²) in [5.74, 6) is -2.76. The first-order valence-corrected chi connectivity index (χ1v) is 5.85. The Hall–Kier alpha value is -1.63. The van der Waals surface area contributed by atoms with E-state index in [1.807, 2.05) is 0 Å². The summed E-state index contributed by atoms with van der Waals surface area (Å²) >= 11 is 0. The molecule has 0 saturated heterocycles. The monoisotopic (exact) mass is 258 g/mol. The Morgan fingerprint density at radius 1 is 1.28 bits per heavy atom. The normalized spacial score (nSPS) is 18.5. The zero-order valence-electron chi connectivity index (χ0n) is 10.0. The van der Waals surface area contributed by atoms with Gasteiger partial charge in [0.25, 0.3) is 0 Å². The number of rotatable bonds is 7. The molecule has 0 aliphatic heterocycles. The molecule has 1 fully saturated rings. The van der Waals surface area contributed by atoms with E-state index in [1.54, 1.807) is 0 Å². The Morgan fingerprint density at radius 2 is 1.89 bits per heavy atom. The van der Waals surface area contributed by atoms with E-state index in [1.165, 1.54) is 0 Å². The van der Waals surface area contributed by atoms with Crippen molar-refractivity contribution in [3.05, 3.63) is 0 Å². The molecule has 1 rings (SSSR count). The molecule has 102 valence electrons. The van der Waals surface area contributed by atoms with Crippen LogP contribution < -0.4 is 11.1 Å². The van der Waals surface area contributed by atoms with E-state index in [0.29, 0.717) is 0 Å². The van der Waals surface area contributed by atoms with Gasteiger partial charge in [-0.05, 0) is 25.7 Å². The van der Waals surface area contributed by atoms with Gasteiger partial charge in [0.1, 0.15) is 6.04 Å². The van der Waals surface area contributed by atoms with Crippen LogP contribution in [0.15, 0.2) is 0 Å². The van der Waals surface area contributed by atoms with Crippen LogP contribution in [0.4, 0.5) is 0 Å². The fourth-order valence-electron chi connectivity index (χ4n) is 1.90. The first-order valence-electron chi connectivity index (χ1n) is 5.85. The second-order valence-electron chi connectivity index (χ2n) is 4.78. The number of carbonyl (C=O) groups is 3. The van der Waals surface area contributed by atoms with E-state index < -0.39 is 29.4 Å². The van der Waals surface area contributed by atoms with Gasteiger partial charge < -0.3 is 21.3 Å². The third kappa shape index (κ3) is 4.33. The van der Waals surface area contributed by atoms with Crippen LogP contribution in [0.25, 0.3) is 0 Å². The highest BCUT2D eigenvalue weighted by Crippen LogP contribution is 2.31. The molecule has 1 aliphatic carbocycles. The van der Waals surface area contributed by atoms with Crippen LogP contribution in [0.2, 0.25) is 0 Å². The van der Waals surface area contributed by atoms with Crippen molar-refractivity contribution in [3.8, 4) is 0 Å². The number of carbonyl (C=O) groups excluding carboxylic acids is 1. The summed E-state index contributed by atoms with van der Waals surface area (Å²) in [6.45, 7) is 0. The number of hydrogen-bond acceptors (Lipinski definition) is 4. The number of amides is 1. The van der Waals surface area contributed by atoms with Crippen LogP contribution in [0, 0.1) is 0 Å². The van der Waals surface area contributed by atoms with Crippen molar-refractivity contribution < 1.29 is 24.6 Å². The molecule has 0 spiro atoms. The molecule has 0 aromatic carbocycles.